The summed E-state index contributed by atoms with van der Waals surface area (Å²) in [7, 11) is 1.23. The highest BCUT2D eigenvalue weighted by molar-refractivity contribution is 6.31. The van der Waals surface area contributed by atoms with E-state index in [1.807, 2.05) is 0 Å². The third-order valence-corrected chi connectivity index (χ3v) is 6.84. The molecule has 3 N–H and O–H groups in total. The number of aliphatic carboxylic acids is 2. The maximum Gasteiger partial charge on any atom is 0.312 e. The van der Waals surface area contributed by atoms with Crippen molar-refractivity contribution in [2.75, 3.05) is 13.8 Å². The molecule has 0 saturated carbocycles. The third-order valence-electron chi connectivity index (χ3n) is 6.51. The molecule has 1 aromatic rings. The predicted octanol–water partition coefficient (Wildman–Crippen LogP) is 3.72. The van der Waals surface area contributed by atoms with Crippen molar-refractivity contribution in [2.45, 2.75) is 45.7 Å². The Kier molecular flexibility index (Phi) is 6.49. The van der Waals surface area contributed by atoms with Gasteiger partial charge in [-0.05, 0) is 31.9 Å². The molecule has 0 bridgehead atoms. The molecule has 0 radical (unpaired) electrons. The predicted molar refractivity (Wildman–Crippen MR) is 104 cm³/mol. The van der Waals surface area contributed by atoms with Crippen LogP contribution in [0.5, 0.6) is 5.75 Å². The van der Waals surface area contributed by atoms with Crippen LogP contribution < -0.4 is 10.1 Å². The molecule has 1 saturated heterocycles. The molecule has 6 nitrogen and oxygen atoms in total. The first kappa shape index (κ1) is 23.3. The normalized spacial score (nSPS) is 32.2. The minimum absolute atomic E-state index is 0.140. The van der Waals surface area contributed by atoms with Gasteiger partial charge in [0.2, 0.25) is 0 Å². The number of hydrogen-bond donors (Lipinski definition) is 3. The number of rotatable bonds is 6. The number of carboxylic acid groups (broad SMARTS) is 2. The van der Waals surface area contributed by atoms with Gasteiger partial charge < -0.3 is 20.3 Å². The van der Waals surface area contributed by atoms with E-state index in [0.29, 0.717) is 0 Å². The van der Waals surface area contributed by atoms with E-state index in [-0.39, 0.29) is 16.3 Å². The summed E-state index contributed by atoms with van der Waals surface area (Å²) in [6.45, 7) is 4.92. The molecule has 5 unspecified atom stereocenters. The van der Waals surface area contributed by atoms with Crippen LogP contribution in [0.1, 0.15) is 39.2 Å². The van der Waals surface area contributed by atoms with E-state index in [0.717, 1.165) is 0 Å². The fourth-order valence-electron chi connectivity index (χ4n) is 4.94. The van der Waals surface area contributed by atoms with Gasteiger partial charge in [0.15, 0.2) is 11.6 Å². The lowest BCUT2D eigenvalue weighted by molar-refractivity contribution is -0.176. The topological polar surface area (TPSA) is 95.9 Å². The number of alkyl halides is 1. The van der Waals surface area contributed by atoms with Crippen LogP contribution in [-0.2, 0) is 9.59 Å². The standard InChI is InChI=1S/C20H26ClF2NO5/c1-9(2)20(18(27)28)10(3)24-13(8-22)19(4,17(25)26)16(20)14-11(21)6-7-12(29-5)15(14)23/h6-7,9-10,13,16,24H,8H2,1-5H3,(H,25,26)(H,27,28). The van der Waals surface area contributed by atoms with Crippen LogP contribution >= 0.6 is 11.6 Å². The zero-order chi connectivity index (χ0) is 22.3. The Morgan fingerprint density at radius 3 is 2.31 bits per heavy atom. The van der Waals surface area contributed by atoms with Gasteiger partial charge >= 0.3 is 11.9 Å². The second-order valence-corrected chi connectivity index (χ2v) is 8.39. The summed E-state index contributed by atoms with van der Waals surface area (Å²) < 4.78 is 34.4. The average Bonchev–Trinajstić information content (AvgIpc) is 2.63. The summed E-state index contributed by atoms with van der Waals surface area (Å²) in [5.74, 6) is -6.05. The van der Waals surface area contributed by atoms with Crippen LogP contribution in [0.15, 0.2) is 12.1 Å². The number of ether oxygens (including phenoxy) is 1. The smallest absolute Gasteiger partial charge is 0.312 e. The molecule has 5 atom stereocenters. The molecular weight excluding hydrogens is 408 g/mol. The second-order valence-electron chi connectivity index (χ2n) is 7.99. The largest absolute Gasteiger partial charge is 0.494 e. The monoisotopic (exact) mass is 433 g/mol. The summed E-state index contributed by atoms with van der Waals surface area (Å²) in [5.41, 5.74) is -4.10. The quantitative estimate of drug-likeness (QED) is 0.632. The fourth-order valence-corrected chi connectivity index (χ4v) is 5.19. The highest BCUT2D eigenvalue weighted by Gasteiger charge is 2.68. The lowest BCUT2D eigenvalue weighted by Gasteiger charge is -2.58. The summed E-state index contributed by atoms with van der Waals surface area (Å²) >= 11 is 6.30. The molecule has 29 heavy (non-hydrogen) atoms. The molecule has 1 heterocycles. The van der Waals surface area contributed by atoms with E-state index < -0.39 is 59.2 Å². The molecule has 0 spiro atoms. The first-order valence-electron chi connectivity index (χ1n) is 9.22. The van der Waals surface area contributed by atoms with E-state index in [4.69, 9.17) is 16.3 Å². The summed E-state index contributed by atoms with van der Waals surface area (Å²) in [4.78, 5) is 25.1. The van der Waals surface area contributed by atoms with Gasteiger partial charge in [-0.1, -0.05) is 25.4 Å². The molecule has 1 aromatic carbocycles. The van der Waals surface area contributed by atoms with Crippen molar-refractivity contribution in [3.63, 3.8) is 0 Å². The van der Waals surface area contributed by atoms with Crippen molar-refractivity contribution in [3.8, 4) is 5.75 Å². The molecule has 0 aliphatic carbocycles. The minimum atomic E-state index is -2.01. The molecule has 1 fully saturated rings. The Morgan fingerprint density at radius 2 is 1.90 bits per heavy atom. The van der Waals surface area contributed by atoms with Gasteiger partial charge in [-0.3, -0.25) is 9.59 Å². The maximum atomic E-state index is 15.4. The lowest BCUT2D eigenvalue weighted by Crippen LogP contribution is -2.71. The van der Waals surface area contributed by atoms with Gasteiger partial charge in [-0.2, -0.15) is 0 Å². The van der Waals surface area contributed by atoms with Gasteiger partial charge in [-0.25, -0.2) is 8.78 Å². The molecular formula is C20H26ClF2NO5. The molecule has 162 valence electrons. The van der Waals surface area contributed by atoms with E-state index in [1.54, 1.807) is 13.8 Å². The highest BCUT2D eigenvalue weighted by Crippen LogP contribution is 2.60. The first-order chi connectivity index (χ1) is 13.4. The number of carboxylic acids is 2. The Hall–Kier alpha value is -1.93. The Bertz CT molecular complexity index is 820. The van der Waals surface area contributed by atoms with Gasteiger partial charge in [-0.15, -0.1) is 0 Å². The summed E-state index contributed by atoms with van der Waals surface area (Å²) in [6.07, 6.45) is 0. The van der Waals surface area contributed by atoms with Crippen molar-refractivity contribution >= 4 is 23.5 Å². The Morgan fingerprint density at radius 1 is 1.31 bits per heavy atom. The molecule has 0 aromatic heterocycles. The van der Waals surface area contributed by atoms with E-state index in [2.05, 4.69) is 5.32 Å². The fraction of sp³-hybridized carbons (Fsp3) is 0.600. The van der Waals surface area contributed by atoms with Crippen LogP contribution in [0.2, 0.25) is 5.02 Å². The number of methoxy groups -OCH3 is 1. The Balaban J connectivity index is 3.05. The number of piperidine rings is 1. The van der Waals surface area contributed by atoms with Crippen molar-refractivity contribution < 1.29 is 33.3 Å². The Labute approximate surface area is 173 Å². The van der Waals surface area contributed by atoms with E-state index in [1.165, 1.54) is 33.1 Å². The number of carbonyl (C=O) groups is 2. The van der Waals surface area contributed by atoms with E-state index >= 15 is 4.39 Å². The minimum Gasteiger partial charge on any atom is -0.494 e. The third kappa shape index (κ3) is 3.17. The summed E-state index contributed by atoms with van der Waals surface area (Å²) in [6, 6.07) is 0.465. The van der Waals surface area contributed by atoms with Gasteiger partial charge in [0.25, 0.3) is 0 Å². The maximum absolute atomic E-state index is 15.4. The molecule has 2 rings (SSSR count). The van der Waals surface area contributed by atoms with Crippen LogP contribution in [0, 0.1) is 22.6 Å². The van der Waals surface area contributed by atoms with Crippen molar-refractivity contribution in [3.05, 3.63) is 28.5 Å². The van der Waals surface area contributed by atoms with Crippen molar-refractivity contribution in [1.29, 1.82) is 0 Å². The summed E-state index contributed by atoms with van der Waals surface area (Å²) in [5, 5.41) is 23.1. The zero-order valence-corrected chi connectivity index (χ0v) is 17.7. The van der Waals surface area contributed by atoms with Gasteiger partial charge in [0, 0.05) is 22.5 Å². The van der Waals surface area contributed by atoms with E-state index in [9.17, 15) is 24.2 Å². The number of nitrogens with one attached hydrogen (secondary N) is 1. The lowest BCUT2D eigenvalue weighted by atomic mass is 9.49. The first-order valence-corrected chi connectivity index (χ1v) is 9.60. The van der Waals surface area contributed by atoms with Crippen LogP contribution in [0.3, 0.4) is 0 Å². The van der Waals surface area contributed by atoms with Gasteiger partial charge in [0.05, 0.1) is 24.0 Å². The molecule has 9 heteroatoms. The average molecular weight is 434 g/mol. The number of hydrogen-bond acceptors (Lipinski definition) is 4. The van der Waals surface area contributed by atoms with Crippen LogP contribution in [0.4, 0.5) is 8.78 Å². The van der Waals surface area contributed by atoms with Crippen LogP contribution in [0.25, 0.3) is 0 Å². The molecule has 1 aliphatic rings. The molecule has 1 aliphatic heterocycles. The van der Waals surface area contributed by atoms with Gasteiger partial charge in [0.1, 0.15) is 6.67 Å². The van der Waals surface area contributed by atoms with Crippen molar-refractivity contribution in [1.82, 2.24) is 5.32 Å². The number of halogens is 3. The molecule has 0 amide bonds. The van der Waals surface area contributed by atoms with Crippen molar-refractivity contribution in [2.24, 2.45) is 16.7 Å². The van der Waals surface area contributed by atoms with Crippen LogP contribution in [-0.4, -0.2) is 48.0 Å². The SMILES string of the molecule is COc1ccc(Cl)c(C2C(C)(C(=O)O)C(CF)NC(C)C2(C(=O)O)C(C)C)c1F. The zero-order valence-electron chi connectivity index (χ0n) is 16.9. The second kappa shape index (κ2) is 8.07. The highest BCUT2D eigenvalue weighted by atomic mass is 35.5. The number of benzene rings is 1.